The Morgan fingerprint density at radius 2 is 0.630 bits per heavy atom. The third-order valence-corrected chi connectivity index (χ3v) is 15.6. The number of anilines is 6. The zero-order chi connectivity index (χ0) is 51.6. The molecule has 10 rings (SSSR count). The minimum atomic E-state index is 0.245. The van der Waals surface area contributed by atoms with Crippen molar-refractivity contribution in [3.8, 4) is 56.0 Å². The van der Waals surface area contributed by atoms with Gasteiger partial charge in [0.2, 0.25) is 0 Å². The minimum absolute atomic E-state index is 0.245. The summed E-state index contributed by atoms with van der Waals surface area (Å²) in [6, 6.07) is 52.5. The number of hydrogen-bond acceptors (Lipinski definition) is 6. The van der Waals surface area contributed by atoms with Gasteiger partial charge in [-0.15, -0.1) is 0 Å². The van der Waals surface area contributed by atoms with Gasteiger partial charge in [0.05, 0.1) is 54.1 Å². The summed E-state index contributed by atoms with van der Waals surface area (Å²) in [4.78, 5) is 9.52. The van der Waals surface area contributed by atoms with E-state index in [0.717, 1.165) is 56.4 Å². The van der Waals surface area contributed by atoms with Crippen LogP contribution < -0.4 is 19.6 Å². The molecule has 2 heterocycles. The molecule has 0 bridgehead atoms. The first kappa shape index (κ1) is 49.2. The summed E-state index contributed by atoms with van der Waals surface area (Å²) in [5.41, 5.74) is 25.5. The highest BCUT2D eigenvalue weighted by atomic mass is 16.3. The topological polar surface area (TPSA) is 53.4 Å². The number of fused-ring (bicyclic) bond motifs is 2. The Balaban J connectivity index is 1.12. The average Bonchev–Trinajstić information content (AvgIpc) is 3.90. The van der Waals surface area contributed by atoms with E-state index < -0.39 is 0 Å². The van der Waals surface area contributed by atoms with Crippen LogP contribution in [0.4, 0.5) is 34.1 Å². The Bertz CT molecular complexity index is 3080. The van der Waals surface area contributed by atoms with Crippen molar-refractivity contribution in [3.63, 3.8) is 0 Å². The molecule has 6 heteroatoms. The van der Waals surface area contributed by atoms with Crippen LogP contribution in [0.1, 0.15) is 124 Å². The number of benzene rings is 8. The average molecular weight is 965 g/mol. The number of phenols is 2. The van der Waals surface area contributed by atoms with Gasteiger partial charge in [0, 0.05) is 0 Å². The number of aryl methyl sites for hydroxylation is 4. The van der Waals surface area contributed by atoms with E-state index in [4.69, 9.17) is 0 Å². The molecule has 6 nitrogen and oxygen atoms in total. The molecule has 0 radical (unpaired) electrons. The van der Waals surface area contributed by atoms with Crippen molar-refractivity contribution < 1.29 is 10.2 Å². The molecule has 8 aromatic rings. The highest BCUT2D eigenvalue weighted by Crippen LogP contribution is 2.51. The van der Waals surface area contributed by atoms with Crippen LogP contribution in [0, 0.1) is 27.7 Å². The van der Waals surface area contributed by atoms with Crippen LogP contribution in [0.5, 0.6) is 11.5 Å². The molecule has 0 spiro atoms. The second-order valence-corrected chi connectivity index (χ2v) is 21.9. The zero-order valence-corrected chi connectivity index (χ0v) is 45.0. The first-order valence-electron chi connectivity index (χ1n) is 26.4. The van der Waals surface area contributed by atoms with E-state index in [1.807, 2.05) is 12.1 Å². The van der Waals surface area contributed by atoms with Crippen LogP contribution in [-0.2, 0) is 0 Å². The van der Waals surface area contributed by atoms with Gasteiger partial charge in [-0.3, -0.25) is 0 Å². The molecule has 2 aliphatic heterocycles. The molecular weight excluding hydrogens is 893 g/mol. The molecule has 372 valence electrons. The van der Waals surface area contributed by atoms with Gasteiger partial charge in [0.25, 0.3) is 0 Å². The molecule has 2 aliphatic rings. The third kappa shape index (κ3) is 8.89. The van der Waals surface area contributed by atoms with E-state index >= 15 is 0 Å². The fourth-order valence-corrected chi connectivity index (χ4v) is 11.9. The molecule has 73 heavy (non-hydrogen) atoms. The van der Waals surface area contributed by atoms with Gasteiger partial charge < -0.3 is 29.8 Å². The van der Waals surface area contributed by atoms with Crippen LogP contribution in [0.25, 0.3) is 44.5 Å². The van der Waals surface area contributed by atoms with Gasteiger partial charge in [-0.1, -0.05) is 152 Å². The molecule has 2 N–H and O–H groups in total. The fourth-order valence-electron chi connectivity index (χ4n) is 11.9. The first-order valence-corrected chi connectivity index (χ1v) is 26.4. The fraction of sp³-hybridized carbons (Fsp3) is 0.284. The van der Waals surface area contributed by atoms with Crippen molar-refractivity contribution >= 4 is 34.1 Å². The predicted molar refractivity (Wildman–Crippen MR) is 310 cm³/mol. The zero-order valence-electron chi connectivity index (χ0n) is 45.0. The van der Waals surface area contributed by atoms with E-state index in [-0.39, 0.29) is 11.5 Å². The van der Waals surface area contributed by atoms with Gasteiger partial charge in [-0.05, 0) is 189 Å². The van der Waals surface area contributed by atoms with Crippen molar-refractivity contribution in [2.75, 3.05) is 39.6 Å². The molecule has 0 saturated heterocycles. The smallest absolute Gasteiger partial charge is 0.139 e. The molecule has 0 amide bonds. The summed E-state index contributed by atoms with van der Waals surface area (Å²) in [6.45, 7) is 28.5. The van der Waals surface area contributed by atoms with Crippen molar-refractivity contribution in [1.82, 2.24) is 0 Å². The largest absolute Gasteiger partial charge is 0.506 e. The summed E-state index contributed by atoms with van der Waals surface area (Å²) < 4.78 is 0. The lowest BCUT2D eigenvalue weighted by atomic mass is 9.85. The Morgan fingerprint density at radius 1 is 0.342 bits per heavy atom. The van der Waals surface area contributed by atoms with Gasteiger partial charge in [-0.25, -0.2) is 0 Å². The number of nitrogens with zero attached hydrogens (tertiary/aromatic N) is 4. The molecular formula is C67H72N4O2. The molecule has 8 aromatic carbocycles. The number of phenolic OH excluding ortho intramolecular Hbond substituents is 2. The Morgan fingerprint density at radius 3 is 0.959 bits per heavy atom. The third-order valence-electron chi connectivity index (χ3n) is 15.6. The maximum absolute atomic E-state index is 12.0. The summed E-state index contributed by atoms with van der Waals surface area (Å²) in [5.74, 6) is 1.80. The number of aromatic hydroxyl groups is 2. The lowest BCUT2D eigenvalue weighted by molar-refractivity contribution is 0.475. The summed E-state index contributed by atoms with van der Waals surface area (Å²) in [5, 5.41) is 24.0. The molecule has 0 saturated carbocycles. The van der Waals surface area contributed by atoms with Crippen molar-refractivity contribution in [2.24, 2.45) is 0 Å². The summed E-state index contributed by atoms with van der Waals surface area (Å²) in [6.07, 6.45) is 0. The highest BCUT2D eigenvalue weighted by molar-refractivity contribution is 5.93. The Labute approximate surface area is 434 Å². The lowest BCUT2D eigenvalue weighted by Crippen LogP contribution is -2.40. The highest BCUT2D eigenvalue weighted by Gasteiger charge is 2.36. The molecule has 0 aliphatic carbocycles. The quantitative estimate of drug-likeness (QED) is 0.127. The Kier molecular flexibility index (Phi) is 13.2. The van der Waals surface area contributed by atoms with Crippen molar-refractivity contribution in [2.45, 2.75) is 107 Å². The maximum atomic E-state index is 12.0. The van der Waals surface area contributed by atoms with E-state index in [2.05, 4.69) is 236 Å². The second-order valence-electron chi connectivity index (χ2n) is 21.9. The van der Waals surface area contributed by atoms with Crippen LogP contribution >= 0.6 is 0 Å². The van der Waals surface area contributed by atoms with E-state index in [1.54, 1.807) is 0 Å². The first-order chi connectivity index (χ1) is 35.0. The summed E-state index contributed by atoms with van der Waals surface area (Å²) >= 11 is 0. The predicted octanol–water partition coefficient (Wildman–Crippen LogP) is 18.0. The van der Waals surface area contributed by atoms with Crippen LogP contribution in [0.15, 0.2) is 146 Å². The Hall–Kier alpha value is -7.44. The van der Waals surface area contributed by atoms with Crippen LogP contribution in [-0.4, -0.2) is 30.2 Å². The van der Waals surface area contributed by atoms with E-state index in [1.165, 1.54) is 66.8 Å². The van der Waals surface area contributed by atoms with Crippen molar-refractivity contribution in [3.05, 3.63) is 190 Å². The van der Waals surface area contributed by atoms with Crippen LogP contribution in [0.3, 0.4) is 0 Å². The van der Waals surface area contributed by atoms with Gasteiger partial charge in [-0.2, -0.15) is 0 Å². The van der Waals surface area contributed by atoms with E-state index in [9.17, 15) is 10.2 Å². The molecule has 0 atom stereocenters. The van der Waals surface area contributed by atoms with E-state index in [0.29, 0.717) is 43.7 Å². The SMILES string of the molecule is Cc1cccc(C)c1-c1ccc2c(c1)N(CN1CN(c3cc(-c4c(C(C)C)cccc4C(C)C)ccc3O)c3ccc(-c4c(C)cccc4C)cc31)CN2c1cc(-c2c(C(C)C)cccc2C(C)C)ccc1O. The standard InChI is InChI=1S/C67H72N4O2/c1-40(2)52-21-15-22-53(41(3)4)66(52)50-27-31-62(72)60(35-50)70-38-68(58-33-48(25-29-56(58)70)64-44(9)17-13-18-45(64)10)37-69-39-71(57-30-26-49(34-59(57)69)65-46(11)19-14-20-47(65)12)61-36-51(28-32-63(61)73)67-54(42(5)6)23-16-24-55(67)43(7)8/h13-36,40-43,72-73H,37-39H2,1-12H3. The monoisotopic (exact) mass is 965 g/mol. The molecule has 0 unspecified atom stereocenters. The van der Waals surface area contributed by atoms with Gasteiger partial charge >= 0.3 is 0 Å². The second kappa shape index (κ2) is 19.5. The summed E-state index contributed by atoms with van der Waals surface area (Å²) in [7, 11) is 0. The minimum Gasteiger partial charge on any atom is -0.506 e. The normalized spacial score (nSPS) is 13.4. The molecule has 0 fully saturated rings. The number of rotatable bonds is 12. The lowest BCUT2D eigenvalue weighted by Gasteiger charge is -2.30. The maximum Gasteiger partial charge on any atom is 0.139 e. The van der Waals surface area contributed by atoms with Crippen molar-refractivity contribution in [1.29, 1.82) is 0 Å². The van der Waals surface area contributed by atoms with Crippen LogP contribution in [0.2, 0.25) is 0 Å². The van der Waals surface area contributed by atoms with Gasteiger partial charge in [0.1, 0.15) is 11.5 Å². The molecule has 0 aromatic heterocycles. The number of hydrogen-bond donors (Lipinski definition) is 2. The van der Waals surface area contributed by atoms with Gasteiger partial charge in [0.15, 0.2) is 0 Å².